The highest BCUT2D eigenvalue weighted by Crippen LogP contribution is 2.22. The van der Waals surface area contributed by atoms with E-state index in [1.54, 1.807) is 0 Å². The molecule has 3 rings (SSSR count). The Bertz CT molecular complexity index is 902. The maximum Gasteiger partial charge on any atom is 0.173 e. The fourth-order valence-corrected chi connectivity index (χ4v) is 3.28. The van der Waals surface area contributed by atoms with Gasteiger partial charge in [0.05, 0.1) is 0 Å². The normalized spacial score (nSPS) is 12.2. The van der Waals surface area contributed by atoms with Crippen LogP contribution in [0.5, 0.6) is 0 Å². The first-order valence-corrected chi connectivity index (χ1v) is 8.97. The molecular weight excluding hydrogens is 352 g/mol. The molecule has 0 radical (unpaired) electrons. The molecule has 0 bridgehead atoms. The first kappa shape index (κ1) is 18.3. The number of aromatic amines is 1. The van der Waals surface area contributed by atoms with Crippen molar-refractivity contribution >= 4 is 33.9 Å². The molecule has 0 saturated carbocycles. The highest BCUT2D eigenvalue weighted by Gasteiger charge is 2.18. The Balaban J connectivity index is 1.84. The lowest BCUT2D eigenvalue weighted by Crippen LogP contribution is -2.40. The lowest BCUT2D eigenvalue weighted by atomic mass is 10.1. The van der Waals surface area contributed by atoms with Crippen molar-refractivity contribution in [2.24, 2.45) is 0 Å². The first-order chi connectivity index (χ1) is 12.5. The average molecular weight is 373 g/mol. The summed E-state index contributed by atoms with van der Waals surface area (Å²) in [6.45, 7) is 4.76. The van der Waals surface area contributed by atoms with E-state index in [0.29, 0.717) is 17.3 Å². The molecule has 1 atom stereocenters. The van der Waals surface area contributed by atoms with E-state index in [-0.39, 0.29) is 6.04 Å². The van der Waals surface area contributed by atoms with Gasteiger partial charge in [0, 0.05) is 41.4 Å². The number of aromatic nitrogens is 1. The predicted molar refractivity (Wildman–Crippen MR) is 106 cm³/mol. The zero-order valence-electron chi connectivity index (χ0n) is 14.7. The number of benzene rings is 2. The van der Waals surface area contributed by atoms with Gasteiger partial charge >= 0.3 is 0 Å². The van der Waals surface area contributed by atoms with Crippen LogP contribution in [-0.4, -0.2) is 21.0 Å². The van der Waals surface area contributed by atoms with E-state index in [1.165, 1.54) is 12.1 Å². The quantitative estimate of drug-likeness (QED) is 0.584. The van der Waals surface area contributed by atoms with Crippen LogP contribution in [0.3, 0.4) is 0 Å². The SMILES string of the molecule is CC[C@@H](C)N(Cc1c[nH]c2ccccc12)C(=S)Nc1cc(F)cc(F)c1. The van der Waals surface area contributed by atoms with Crippen LogP contribution in [-0.2, 0) is 6.54 Å². The van der Waals surface area contributed by atoms with Crippen LogP contribution in [0.25, 0.3) is 10.9 Å². The largest absolute Gasteiger partial charge is 0.361 e. The summed E-state index contributed by atoms with van der Waals surface area (Å²) in [7, 11) is 0. The minimum Gasteiger partial charge on any atom is -0.361 e. The van der Waals surface area contributed by atoms with Crippen molar-refractivity contribution in [3.05, 3.63) is 65.9 Å². The summed E-state index contributed by atoms with van der Waals surface area (Å²) in [6.07, 6.45) is 2.87. The molecule has 3 aromatic rings. The highest BCUT2D eigenvalue weighted by molar-refractivity contribution is 7.80. The van der Waals surface area contributed by atoms with E-state index in [2.05, 4.69) is 30.2 Å². The molecule has 0 saturated heterocycles. The van der Waals surface area contributed by atoms with E-state index in [1.807, 2.05) is 29.3 Å². The summed E-state index contributed by atoms with van der Waals surface area (Å²) >= 11 is 5.54. The smallest absolute Gasteiger partial charge is 0.173 e. The van der Waals surface area contributed by atoms with Crippen LogP contribution >= 0.6 is 12.2 Å². The Hall–Kier alpha value is -2.47. The molecule has 0 unspecified atom stereocenters. The second kappa shape index (κ2) is 7.83. The Morgan fingerprint density at radius 2 is 1.88 bits per heavy atom. The number of thiocarbonyl (C=S) groups is 1. The van der Waals surface area contributed by atoms with Crippen LogP contribution in [0.2, 0.25) is 0 Å². The Kier molecular flexibility index (Phi) is 5.52. The van der Waals surface area contributed by atoms with Crippen LogP contribution in [0, 0.1) is 11.6 Å². The lowest BCUT2D eigenvalue weighted by molar-refractivity contribution is 0.321. The van der Waals surface area contributed by atoms with Gasteiger partial charge in [0.2, 0.25) is 0 Å². The third-order valence-electron chi connectivity index (χ3n) is 4.51. The maximum atomic E-state index is 13.4. The van der Waals surface area contributed by atoms with Gasteiger partial charge in [-0.1, -0.05) is 25.1 Å². The number of H-pyrrole nitrogens is 1. The van der Waals surface area contributed by atoms with Crippen LogP contribution in [0.4, 0.5) is 14.5 Å². The van der Waals surface area contributed by atoms with E-state index in [0.717, 1.165) is 29.0 Å². The molecular formula is C20H21F2N3S. The van der Waals surface area contributed by atoms with Crippen molar-refractivity contribution in [3.63, 3.8) is 0 Å². The molecule has 26 heavy (non-hydrogen) atoms. The van der Waals surface area contributed by atoms with Gasteiger partial charge in [0.25, 0.3) is 0 Å². The fraction of sp³-hybridized carbons (Fsp3) is 0.250. The Morgan fingerprint density at radius 1 is 1.19 bits per heavy atom. The van der Waals surface area contributed by atoms with Gasteiger partial charge in [-0.05, 0) is 49.3 Å². The number of nitrogens with one attached hydrogen (secondary N) is 2. The zero-order chi connectivity index (χ0) is 18.7. The van der Waals surface area contributed by atoms with E-state index >= 15 is 0 Å². The summed E-state index contributed by atoms with van der Waals surface area (Å²) < 4.78 is 26.9. The van der Waals surface area contributed by atoms with Gasteiger partial charge < -0.3 is 15.2 Å². The number of hydrogen-bond donors (Lipinski definition) is 2. The third-order valence-corrected chi connectivity index (χ3v) is 4.85. The predicted octanol–water partition coefficient (Wildman–Crippen LogP) is 5.44. The Labute approximate surface area is 157 Å². The van der Waals surface area contributed by atoms with Gasteiger partial charge in [-0.2, -0.15) is 0 Å². The topological polar surface area (TPSA) is 31.1 Å². The maximum absolute atomic E-state index is 13.4. The number of rotatable bonds is 5. The second-order valence-corrected chi connectivity index (χ2v) is 6.72. The minimum absolute atomic E-state index is 0.169. The summed E-state index contributed by atoms with van der Waals surface area (Å²) in [5.74, 6) is -1.27. The second-order valence-electron chi connectivity index (χ2n) is 6.33. The van der Waals surface area contributed by atoms with Crippen molar-refractivity contribution in [3.8, 4) is 0 Å². The number of halogens is 2. The molecule has 0 aliphatic heterocycles. The molecule has 0 aliphatic carbocycles. The average Bonchev–Trinajstić information content (AvgIpc) is 3.01. The van der Waals surface area contributed by atoms with Crippen molar-refractivity contribution in [2.75, 3.05) is 5.32 Å². The molecule has 0 amide bonds. The molecule has 0 fully saturated rings. The van der Waals surface area contributed by atoms with E-state index < -0.39 is 11.6 Å². The van der Waals surface area contributed by atoms with Crippen molar-refractivity contribution < 1.29 is 8.78 Å². The first-order valence-electron chi connectivity index (χ1n) is 8.56. The number of anilines is 1. The highest BCUT2D eigenvalue weighted by atomic mass is 32.1. The summed E-state index contributed by atoms with van der Waals surface area (Å²) in [5, 5.41) is 4.55. The minimum atomic E-state index is -0.637. The number of fused-ring (bicyclic) bond motifs is 1. The third kappa shape index (κ3) is 4.02. The summed E-state index contributed by atoms with van der Waals surface area (Å²) in [6, 6.07) is 11.5. The molecule has 0 spiro atoms. The van der Waals surface area contributed by atoms with Gasteiger partial charge in [-0.3, -0.25) is 0 Å². The number of hydrogen-bond acceptors (Lipinski definition) is 1. The molecule has 1 heterocycles. The van der Waals surface area contributed by atoms with Crippen molar-refractivity contribution in [1.29, 1.82) is 0 Å². The van der Waals surface area contributed by atoms with Gasteiger partial charge in [0.1, 0.15) is 11.6 Å². The lowest BCUT2D eigenvalue weighted by Gasteiger charge is -2.31. The Morgan fingerprint density at radius 3 is 2.58 bits per heavy atom. The monoisotopic (exact) mass is 373 g/mol. The molecule has 136 valence electrons. The van der Waals surface area contributed by atoms with Crippen LogP contribution in [0.15, 0.2) is 48.7 Å². The molecule has 1 aromatic heterocycles. The van der Waals surface area contributed by atoms with Crippen molar-refractivity contribution in [1.82, 2.24) is 9.88 Å². The standard InChI is InChI=1S/C20H21F2N3S/c1-3-13(2)25(12-14-11-23-19-7-5-4-6-18(14)19)20(26)24-17-9-15(21)8-16(22)10-17/h4-11,13,23H,3,12H2,1-2H3,(H,24,26)/t13-/m1/s1. The summed E-state index contributed by atoms with van der Waals surface area (Å²) in [5.41, 5.74) is 2.49. The number of para-hydroxylation sites is 1. The van der Waals surface area contributed by atoms with Gasteiger partial charge in [-0.25, -0.2) is 8.78 Å². The van der Waals surface area contributed by atoms with Crippen LogP contribution in [0.1, 0.15) is 25.8 Å². The zero-order valence-corrected chi connectivity index (χ0v) is 15.5. The molecule has 2 aromatic carbocycles. The van der Waals surface area contributed by atoms with Crippen LogP contribution < -0.4 is 5.32 Å². The van der Waals surface area contributed by atoms with E-state index in [9.17, 15) is 8.78 Å². The van der Waals surface area contributed by atoms with Gasteiger partial charge in [-0.15, -0.1) is 0 Å². The van der Waals surface area contributed by atoms with Crippen molar-refractivity contribution in [2.45, 2.75) is 32.9 Å². The summed E-state index contributed by atoms with van der Waals surface area (Å²) in [4.78, 5) is 5.30. The molecule has 2 N–H and O–H groups in total. The molecule has 0 aliphatic rings. The van der Waals surface area contributed by atoms with Gasteiger partial charge in [0.15, 0.2) is 5.11 Å². The number of nitrogens with zero attached hydrogens (tertiary/aromatic N) is 1. The molecule has 3 nitrogen and oxygen atoms in total. The molecule has 6 heteroatoms. The fourth-order valence-electron chi connectivity index (χ4n) is 2.92. The van der Waals surface area contributed by atoms with E-state index in [4.69, 9.17) is 12.2 Å².